The van der Waals surface area contributed by atoms with Crippen molar-refractivity contribution in [2.75, 3.05) is 18.2 Å². The molecule has 1 N–H and O–H groups in total. The highest BCUT2D eigenvalue weighted by molar-refractivity contribution is 9.10. The molecule has 1 aromatic carbocycles. The lowest BCUT2D eigenvalue weighted by molar-refractivity contribution is -0.113. The van der Waals surface area contributed by atoms with E-state index in [4.69, 9.17) is 20.8 Å². The Hall–Kier alpha value is -2.23. The Labute approximate surface area is 179 Å². The zero-order valence-electron chi connectivity index (χ0n) is 14.8. The number of nitrogens with zero attached hydrogens (tertiary/aromatic N) is 3. The first-order chi connectivity index (χ1) is 13.5. The van der Waals surface area contributed by atoms with E-state index in [1.165, 1.54) is 18.9 Å². The third-order valence-electron chi connectivity index (χ3n) is 3.59. The van der Waals surface area contributed by atoms with Crippen LogP contribution in [0.15, 0.2) is 57.2 Å². The van der Waals surface area contributed by atoms with Crippen LogP contribution in [0.5, 0.6) is 5.75 Å². The minimum Gasteiger partial charge on any atom is -0.495 e. The van der Waals surface area contributed by atoms with Crippen molar-refractivity contribution in [3.05, 3.63) is 52.7 Å². The van der Waals surface area contributed by atoms with Gasteiger partial charge in [-0.05, 0) is 46.3 Å². The Morgan fingerprint density at radius 3 is 2.93 bits per heavy atom. The van der Waals surface area contributed by atoms with E-state index >= 15 is 0 Å². The number of thioether (sulfide) groups is 1. The lowest BCUT2D eigenvalue weighted by Crippen LogP contribution is -2.15. The molecule has 2 heterocycles. The summed E-state index contributed by atoms with van der Waals surface area (Å²) >= 11 is 10.5. The van der Waals surface area contributed by atoms with Gasteiger partial charge in [0.05, 0.1) is 18.6 Å². The summed E-state index contributed by atoms with van der Waals surface area (Å²) in [4.78, 5) is 12.4. The average Bonchev–Trinajstić information content (AvgIpc) is 3.26. The molecule has 0 saturated heterocycles. The third kappa shape index (κ3) is 4.78. The number of methoxy groups -OCH3 is 1. The van der Waals surface area contributed by atoms with Gasteiger partial charge in [-0.25, -0.2) is 0 Å². The molecule has 0 aliphatic carbocycles. The van der Waals surface area contributed by atoms with E-state index in [-0.39, 0.29) is 11.7 Å². The smallest absolute Gasteiger partial charge is 0.234 e. The Balaban J connectivity index is 1.72. The molecule has 28 heavy (non-hydrogen) atoms. The van der Waals surface area contributed by atoms with Crippen LogP contribution in [-0.2, 0) is 11.3 Å². The van der Waals surface area contributed by atoms with Crippen LogP contribution in [0.2, 0.25) is 5.02 Å². The van der Waals surface area contributed by atoms with Crippen LogP contribution in [0.1, 0.15) is 0 Å². The first-order valence-electron chi connectivity index (χ1n) is 8.07. The van der Waals surface area contributed by atoms with E-state index in [1.54, 1.807) is 36.4 Å². The Morgan fingerprint density at radius 2 is 2.25 bits per heavy atom. The van der Waals surface area contributed by atoms with Crippen molar-refractivity contribution in [3.63, 3.8) is 0 Å². The van der Waals surface area contributed by atoms with Crippen molar-refractivity contribution < 1.29 is 13.9 Å². The first kappa shape index (κ1) is 20.5. The molecule has 146 valence electrons. The minimum absolute atomic E-state index is 0.132. The first-order valence-corrected chi connectivity index (χ1v) is 10.2. The Morgan fingerprint density at radius 1 is 1.43 bits per heavy atom. The minimum atomic E-state index is -0.221. The molecule has 0 fully saturated rings. The summed E-state index contributed by atoms with van der Waals surface area (Å²) in [6.45, 7) is 4.24. The predicted octanol–water partition coefficient (Wildman–Crippen LogP) is 4.88. The number of halogens is 2. The van der Waals surface area contributed by atoms with Crippen LogP contribution in [0.25, 0.3) is 11.6 Å². The fraction of sp³-hybridized carbons (Fsp3) is 0.167. The number of furan rings is 1. The summed E-state index contributed by atoms with van der Waals surface area (Å²) in [7, 11) is 1.53. The van der Waals surface area contributed by atoms with Crippen molar-refractivity contribution in [3.8, 4) is 17.3 Å². The molecule has 0 aliphatic heterocycles. The summed E-state index contributed by atoms with van der Waals surface area (Å²) in [5.41, 5.74) is 0.509. The Kier molecular flexibility index (Phi) is 6.82. The number of aromatic nitrogens is 3. The van der Waals surface area contributed by atoms with Gasteiger partial charge in [0.25, 0.3) is 0 Å². The van der Waals surface area contributed by atoms with Crippen molar-refractivity contribution in [2.24, 2.45) is 0 Å². The number of hydrogen-bond acceptors (Lipinski definition) is 6. The number of carbonyl (C=O) groups excluding carboxylic acids is 1. The normalized spacial score (nSPS) is 10.7. The number of benzene rings is 1. The number of allylic oxidation sites excluding steroid dienone is 1. The van der Waals surface area contributed by atoms with Crippen molar-refractivity contribution in [1.29, 1.82) is 0 Å². The molecule has 0 unspecified atom stereocenters. The maximum absolute atomic E-state index is 12.4. The predicted molar refractivity (Wildman–Crippen MR) is 113 cm³/mol. The topological polar surface area (TPSA) is 82.2 Å². The summed E-state index contributed by atoms with van der Waals surface area (Å²) in [6.07, 6.45) is 1.73. The summed E-state index contributed by atoms with van der Waals surface area (Å²) < 4.78 is 13.2. The highest BCUT2D eigenvalue weighted by Crippen LogP contribution is 2.29. The molecule has 2 aromatic heterocycles. The maximum atomic E-state index is 12.4. The second-order valence-corrected chi connectivity index (χ2v) is 7.65. The number of anilines is 1. The van der Waals surface area contributed by atoms with Crippen molar-refractivity contribution >= 4 is 50.9 Å². The molecule has 10 heteroatoms. The molecule has 7 nitrogen and oxygen atoms in total. The maximum Gasteiger partial charge on any atom is 0.234 e. The third-order valence-corrected chi connectivity index (χ3v) is 5.22. The lowest BCUT2D eigenvalue weighted by atomic mass is 10.3. The SMILES string of the molecule is C=CCn1c(SCC(=O)Nc2cc(Cl)ccc2OC)nnc1-c1ccc(Br)o1. The second kappa shape index (κ2) is 9.31. The number of hydrogen-bond donors (Lipinski definition) is 1. The van der Waals surface area contributed by atoms with E-state index in [2.05, 4.69) is 38.0 Å². The van der Waals surface area contributed by atoms with Gasteiger partial charge in [0.15, 0.2) is 15.6 Å². The lowest BCUT2D eigenvalue weighted by Gasteiger charge is -2.10. The van der Waals surface area contributed by atoms with Crippen LogP contribution >= 0.6 is 39.3 Å². The molecule has 0 radical (unpaired) electrons. The highest BCUT2D eigenvalue weighted by atomic mass is 79.9. The number of ether oxygens (including phenoxy) is 1. The van der Waals surface area contributed by atoms with Gasteiger partial charge in [-0.2, -0.15) is 0 Å². The van der Waals surface area contributed by atoms with Crippen LogP contribution in [0.3, 0.4) is 0 Å². The van der Waals surface area contributed by atoms with Crippen LogP contribution in [0, 0.1) is 0 Å². The summed E-state index contributed by atoms with van der Waals surface area (Å²) in [5.74, 6) is 1.57. The van der Waals surface area contributed by atoms with Crippen LogP contribution in [-0.4, -0.2) is 33.5 Å². The van der Waals surface area contributed by atoms with E-state index < -0.39 is 0 Å². The van der Waals surface area contributed by atoms with Crippen LogP contribution in [0.4, 0.5) is 5.69 Å². The molecule has 3 aromatic rings. The number of nitrogens with one attached hydrogen (secondary N) is 1. The van der Waals surface area contributed by atoms with Crippen molar-refractivity contribution in [1.82, 2.24) is 14.8 Å². The second-order valence-electron chi connectivity index (χ2n) is 5.49. The van der Waals surface area contributed by atoms with Gasteiger partial charge in [-0.1, -0.05) is 29.4 Å². The largest absolute Gasteiger partial charge is 0.495 e. The fourth-order valence-electron chi connectivity index (χ4n) is 2.40. The van der Waals surface area contributed by atoms with Gasteiger partial charge in [-0.3, -0.25) is 9.36 Å². The van der Waals surface area contributed by atoms with E-state index in [0.717, 1.165) is 0 Å². The van der Waals surface area contributed by atoms with E-state index in [1.807, 2.05) is 4.57 Å². The monoisotopic (exact) mass is 482 g/mol. The summed E-state index contributed by atoms with van der Waals surface area (Å²) in [6, 6.07) is 8.59. The molecule has 0 saturated carbocycles. The zero-order valence-corrected chi connectivity index (χ0v) is 18.0. The highest BCUT2D eigenvalue weighted by Gasteiger charge is 2.18. The average molecular weight is 484 g/mol. The number of rotatable bonds is 8. The van der Waals surface area contributed by atoms with Gasteiger partial charge in [0.1, 0.15) is 5.75 Å². The molecule has 0 aliphatic rings. The quantitative estimate of drug-likeness (QED) is 0.363. The molecule has 0 bridgehead atoms. The zero-order chi connectivity index (χ0) is 20.1. The van der Waals surface area contributed by atoms with Crippen molar-refractivity contribution in [2.45, 2.75) is 11.7 Å². The molecule has 0 atom stereocenters. The molecule has 1 amide bonds. The van der Waals surface area contributed by atoms with E-state index in [0.29, 0.717) is 44.4 Å². The Bertz CT molecular complexity index is 1000. The van der Waals surface area contributed by atoms with Crippen LogP contribution < -0.4 is 10.1 Å². The van der Waals surface area contributed by atoms with E-state index in [9.17, 15) is 4.79 Å². The van der Waals surface area contributed by atoms with Gasteiger partial charge in [-0.15, -0.1) is 16.8 Å². The molecular formula is C18H16BrClN4O3S. The molecule has 3 rings (SSSR count). The molecule has 0 spiro atoms. The standard InChI is InChI=1S/C18H16BrClN4O3S/c1-3-8-24-17(14-6-7-15(19)27-14)22-23-18(24)28-10-16(25)21-12-9-11(20)4-5-13(12)26-2/h3-7,9H,1,8,10H2,2H3,(H,21,25). The number of carbonyl (C=O) groups is 1. The van der Waals surface area contributed by atoms with Gasteiger partial charge < -0.3 is 14.5 Å². The van der Waals surface area contributed by atoms with Gasteiger partial charge in [0, 0.05) is 11.6 Å². The fourth-order valence-corrected chi connectivity index (χ4v) is 3.63. The summed E-state index contributed by atoms with van der Waals surface area (Å²) in [5, 5.41) is 12.2. The molecular weight excluding hydrogens is 468 g/mol. The number of amides is 1. The van der Waals surface area contributed by atoms with Gasteiger partial charge >= 0.3 is 0 Å². The van der Waals surface area contributed by atoms with Gasteiger partial charge in [0.2, 0.25) is 11.7 Å².